The van der Waals surface area contributed by atoms with Gasteiger partial charge in [-0.25, -0.2) is 17.6 Å². The van der Waals surface area contributed by atoms with Gasteiger partial charge in [0.1, 0.15) is 28.3 Å². The standard InChI is InChI=1S/C22H19FN2O6S/c1-14-9-17(11-21(26)30-14)31-18-12-25(13-18)22(27)15-5-4-6-16(10-15)24-32(28,29)20-8-3-2-7-19(20)23/h2-11,18,24H,12-13H2,1H3. The molecule has 32 heavy (non-hydrogen) atoms. The maximum absolute atomic E-state index is 13.9. The number of sulfonamides is 1. The Labute approximate surface area is 183 Å². The molecule has 4 rings (SSSR count). The SMILES string of the molecule is Cc1cc(OC2CN(C(=O)c3cccc(NS(=O)(=O)c4ccccc4F)c3)C2)cc(=O)o1. The number of rotatable bonds is 6. The first-order valence-corrected chi connectivity index (χ1v) is 11.1. The number of hydrogen-bond donors (Lipinski definition) is 1. The lowest BCUT2D eigenvalue weighted by atomic mass is 10.1. The maximum Gasteiger partial charge on any atom is 0.339 e. The van der Waals surface area contributed by atoms with Crippen molar-refractivity contribution in [2.45, 2.75) is 17.9 Å². The van der Waals surface area contributed by atoms with Crippen molar-refractivity contribution in [2.75, 3.05) is 17.8 Å². The van der Waals surface area contributed by atoms with Gasteiger partial charge in [-0.05, 0) is 37.3 Å². The summed E-state index contributed by atoms with van der Waals surface area (Å²) in [5, 5.41) is 0. The molecule has 8 nitrogen and oxygen atoms in total. The van der Waals surface area contributed by atoms with E-state index in [1.165, 1.54) is 41.3 Å². The summed E-state index contributed by atoms with van der Waals surface area (Å²) in [5.74, 6) is -0.374. The Morgan fingerprint density at radius 1 is 1.12 bits per heavy atom. The van der Waals surface area contributed by atoms with Crippen LogP contribution in [0.4, 0.5) is 10.1 Å². The van der Waals surface area contributed by atoms with E-state index < -0.39 is 26.4 Å². The van der Waals surface area contributed by atoms with Gasteiger partial charge in [-0.1, -0.05) is 18.2 Å². The van der Waals surface area contributed by atoms with Crippen LogP contribution in [0.2, 0.25) is 0 Å². The van der Waals surface area contributed by atoms with E-state index in [-0.39, 0.29) is 23.3 Å². The van der Waals surface area contributed by atoms with Crippen molar-refractivity contribution < 1.29 is 26.8 Å². The second kappa shape index (κ2) is 8.46. The minimum absolute atomic E-state index is 0.138. The van der Waals surface area contributed by atoms with Gasteiger partial charge < -0.3 is 14.1 Å². The van der Waals surface area contributed by atoms with Crippen LogP contribution >= 0.6 is 0 Å². The molecule has 0 bridgehead atoms. The van der Waals surface area contributed by atoms with Crippen molar-refractivity contribution in [3.8, 4) is 5.75 Å². The fourth-order valence-corrected chi connectivity index (χ4v) is 4.42. The van der Waals surface area contributed by atoms with E-state index in [2.05, 4.69) is 4.72 Å². The third-order valence-corrected chi connectivity index (χ3v) is 6.21. The third-order valence-electron chi connectivity index (χ3n) is 4.79. The fourth-order valence-electron chi connectivity index (χ4n) is 3.29. The Balaban J connectivity index is 1.41. The van der Waals surface area contributed by atoms with Gasteiger partial charge in [0.15, 0.2) is 0 Å². The Morgan fingerprint density at radius 3 is 2.59 bits per heavy atom. The van der Waals surface area contributed by atoms with Crippen LogP contribution in [0, 0.1) is 12.7 Å². The number of hydrogen-bond acceptors (Lipinski definition) is 6. The van der Waals surface area contributed by atoms with Gasteiger partial charge in [0, 0.05) is 17.3 Å². The number of nitrogens with zero attached hydrogens (tertiary/aromatic N) is 1. The number of carbonyl (C=O) groups excluding carboxylic acids is 1. The molecule has 0 unspecified atom stereocenters. The van der Waals surface area contributed by atoms with Gasteiger partial charge >= 0.3 is 5.63 Å². The molecule has 1 N–H and O–H groups in total. The number of amides is 1. The number of aryl methyl sites for hydroxylation is 1. The second-order valence-electron chi connectivity index (χ2n) is 7.29. The molecule has 0 spiro atoms. The van der Waals surface area contributed by atoms with Crippen LogP contribution in [0.1, 0.15) is 16.1 Å². The van der Waals surface area contributed by atoms with Gasteiger partial charge in [0.25, 0.3) is 15.9 Å². The predicted octanol–water partition coefficient (Wildman–Crippen LogP) is 2.79. The number of carbonyl (C=O) groups is 1. The maximum atomic E-state index is 13.9. The van der Waals surface area contributed by atoms with E-state index in [4.69, 9.17) is 9.15 Å². The first-order valence-electron chi connectivity index (χ1n) is 9.66. The Kier molecular flexibility index (Phi) is 5.70. The normalized spacial score (nSPS) is 14.0. The van der Waals surface area contributed by atoms with Crippen molar-refractivity contribution in [3.63, 3.8) is 0 Å². The first kappa shape index (κ1) is 21.6. The minimum Gasteiger partial charge on any atom is -0.486 e. The smallest absolute Gasteiger partial charge is 0.339 e. The summed E-state index contributed by atoms with van der Waals surface area (Å²) in [6.45, 7) is 2.25. The highest BCUT2D eigenvalue weighted by molar-refractivity contribution is 7.92. The van der Waals surface area contributed by atoms with Crippen molar-refractivity contribution in [3.05, 3.63) is 88.2 Å². The number of halogens is 1. The van der Waals surface area contributed by atoms with E-state index >= 15 is 0 Å². The van der Waals surface area contributed by atoms with Crippen LogP contribution in [0.5, 0.6) is 5.75 Å². The van der Waals surface area contributed by atoms with Crippen LogP contribution in [-0.2, 0) is 10.0 Å². The summed E-state index contributed by atoms with van der Waals surface area (Å²) in [6.07, 6.45) is -0.275. The number of ether oxygens (including phenoxy) is 1. The molecular weight excluding hydrogens is 439 g/mol. The molecule has 1 fully saturated rings. The van der Waals surface area contributed by atoms with E-state index in [0.29, 0.717) is 24.6 Å². The molecule has 2 aromatic carbocycles. The van der Waals surface area contributed by atoms with E-state index in [1.807, 2.05) is 0 Å². The topological polar surface area (TPSA) is 106 Å². The molecule has 1 aromatic heterocycles. The quantitative estimate of drug-likeness (QED) is 0.609. The number of anilines is 1. The highest BCUT2D eigenvalue weighted by atomic mass is 32.2. The molecule has 1 saturated heterocycles. The number of nitrogens with one attached hydrogen (secondary N) is 1. The second-order valence-corrected chi connectivity index (χ2v) is 8.94. The molecular formula is C22H19FN2O6S. The lowest BCUT2D eigenvalue weighted by Gasteiger charge is -2.39. The summed E-state index contributed by atoms with van der Waals surface area (Å²) in [4.78, 5) is 25.2. The highest BCUT2D eigenvalue weighted by Gasteiger charge is 2.33. The minimum atomic E-state index is -4.15. The first-order chi connectivity index (χ1) is 15.2. The Morgan fingerprint density at radius 2 is 1.88 bits per heavy atom. The van der Waals surface area contributed by atoms with Gasteiger partial charge in [-0.3, -0.25) is 9.52 Å². The Hall–Kier alpha value is -3.66. The van der Waals surface area contributed by atoms with E-state index in [0.717, 1.165) is 12.1 Å². The molecule has 10 heteroatoms. The zero-order valence-corrected chi connectivity index (χ0v) is 17.8. The average Bonchev–Trinajstić information content (AvgIpc) is 2.69. The highest BCUT2D eigenvalue weighted by Crippen LogP contribution is 2.23. The molecule has 1 aliphatic heterocycles. The van der Waals surface area contributed by atoms with Gasteiger partial charge in [-0.15, -0.1) is 0 Å². The Bertz CT molecular complexity index is 1330. The summed E-state index contributed by atoms with van der Waals surface area (Å²) in [7, 11) is -4.15. The van der Waals surface area contributed by atoms with Gasteiger partial charge in [-0.2, -0.15) is 0 Å². The fraction of sp³-hybridized carbons (Fsp3) is 0.182. The molecule has 0 saturated carbocycles. The molecule has 166 valence electrons. The summed E-state index contributed by atoms with van der Waals surface area (Å²) < 4.78 is 51.7. The van der Waals surface area contributed by atoms with Crippen molar-refractivity contribution in [1.29, 1.82) is 0 Å². The largest absolute Gasteiger partial charge is 0.486 e. The van der Waals surface area contributed by atoms with Crippen molar-refractivity contribution >= 4 is 21.6 Å². The van der Waals surface area contributed by atoms with Crippen LogP contribution in [0.3, 0.4) is 0 Å². The van der Waals surface area contributed by atoms with Gasteiger partial charge in [0.2, 0.25) is 0 Å². The monoisotopic (exact) mass is 458 g/mol. The zero-order valence-electron chi connectivity index (χ0n) is 16.9. The molecule has 1 amide bonds. The van der Waals surface area contributed by atoms with E-state index in [1.54, 1.807) is 19.1 Å². The number of benzene rings is 2. The molecule has 2 heterocycles. The summed E-state index contributed by atoms with van der Waals surface area (Å²) in [6, 6.07) is 13.8. The lowest BCUT2D eigenvalue weighted by Crippen LogP contribution is -2.56. The average molecular weight is 458 g/mol. The van der Waals surface area contributed by atoms with Crippen LogP contribution in [0.15, 0.2) is 74.8 Å². The van der Waals surface area contributed by atoms with Crippen LogP contribution < -0.4 is 15.1 Å². The summed E-state index contributed by atoms with van der Waals surface area (Å²) >= 11 is 0. The molecule has 0 radical (unpaired) electrons. The van der Waals surface area contributed by atoms with Crippen LogP contribution in [0.25, 0.3) is 0 Å². The molecule has 1 aliphatic rings. The van der Waals surface area contributed by atoms with Gasteiger partial charge in [0.05, 0.1) is 19.2 Å². The summed E-state index contributed by atoms with van der Waals surface area (Å²) in [5.41, 5.74) is -0.103. The third kappa shape index (κ3) is 4.65. The molecule has 0 aliphatic carbocycles. The van der Waals surface area contributed by atoms with E-state index in [9.17, 15) is 22.4 Å². The predicted molar refractivity (Wildman–Crippen MR) is 114 cm³/mol. The lowest BCUT2D eigenvalue weighted by molar-refractivity contribution is 0.0175. The van der Waals surface area contributed by atoms with Crippen LogP contribution in [-0.4, -0.2) is 38.4 Å². The zero-order chi connectivity index (χ0) is 22.9. The molecule has 0 atom stereocenters. The number of likely N-dealkylation sites (tertiary alicyclic amines) is 1. The van der Waals surface area contributed by atoms with Crippen molar-refractivity contribution in [2.24, 2.45) is 0 Å². The molecule has 3 aromatic rings. The van der Waals surface area contributed by atoms with Crippen molar-refractivity contribution in [1.82, 2.24) is 4.90 Å².